The summed E-state index contributed by atoms with van der Waals surface area (Å²) in [5.41, 5.74) is -0.394. The SMILES string of the molecule is O=C1CCC=CC[C@@]12CCCCC21OCCO1. The summed E-state index contributed by atoms with van der Waals surface area (Å²) in [6, 6.07) is 0. The van der Waals surface area contributed by atoms with Crippen molar-refractivity contribution in [1.82, 2.24) is 0 Å². The monoisotopic (exact) mass is 236 g/mol. The van der Waals surface area contributed by atoms with Crippen LogP contribution in [-0.2, 0) is 14.3 Å². The fraction of sp³-hybridized carbons (Fsp3) is 0.786. The van der Waals surface area contributed by atoms with Gasteiger partial charge in [-0.2, -0.15) is 0 Å². The van der Waals surface area contributed by atoms with Gasteiger partial charge in [0, 0.05) is 12.8 Å². The Morgan fingerprint density at radius 1 is 1.06 bits per heavy atom. The Kier molecular flexibility index (Phi) is 2.83. The predicted molar refractivity (Wildman–Crippen MR) is 63.5 cm³/mol. The van der Waals surface area contributed by atoms with Crippen molar-refractivity contribution in [3.05, 3.63) is 12.2 Å². The molecule has 1 atom stereocenters. The summed E-state index contributed by atoms with van der Waals surface area (Å²) >= 11 is 0. The number of ketones is 1. The van der Waals surface area contributed by atoms with Gasteiger partial charge in [-0.1, -0.05) is 18.6 Å². The van der Waals surface area contributed by atoms with Crippen LogP contribution in [0.25, 0.3) is 0 Å². The van der Waals surface area contributed by atoms with Crippen molar-refractivity contribution >= 4 is 5.78 Å². The third-order valence-corrected chi connectivity index (χ3v) is 4.55. The molecule has 0 aromatic carbocycles. The van der Waals surface area contributed by atoms with Gasteiger partial charge in [0.1, 0.15) is 5.78 Å². The van der Waals surface area contributed by atoms with Gasteiger partial charge in [0.05, 0.1) is 18.6 Å². The number of hydrogen-bond donors (Lipinski definition) is 0. The zero-order valence-corrected chi connectivity index (χ0v) is 10.2. The Hall–Kier alpha value is -0.670. The van der Waals surface area contributed by atoms with E-state index in [1.165, 1.54) is 0 Å². The van der Waals surface area contributed by atoms with Crippen LogP contribution in [0.15, 0.2) is 12.2 Å². The van der Waals surface area contributed by atoms with Crippen LogP contribution in [0.3, 0.4) is 0 Å². The van der Waals surface area contributed by atoms with Crippen LogP contribution in [0, 0.1) is 5.41 Å². The molecular formula is C14H20O3. The second-order valence-electron chi connectivity index (χ2n) is 5.38. The van der Waals surface area contributed by atoms with Crippen molar-refractivity contribution in [1.29, 1.82) is 0 Å². The van der Waals surface area contributed by atoms with E-state index >= 15 is 0 Å². The molecule has 1 heterocycles. The number of carbonyl (C=O) groups excluding carboxylic acids is 1. The summed E-state index contributed by atoms with van der Waals surface area (Å²) in [6.07, 6.45) is 10.6. The molecule has 0 radical (unpaired) electrons. The molecular weight excluding hydrogens is 216 g/mol. The van der Waals surface area contributed by atoms with Crippen molar-refractivity contribution in [3.8, 4) is 0 Å². The first-order valence-electron chi connectivity index (χ1n) is 6.75. The quantitative estimate of drug-likeness (QED) is 0.606. The normalized spacial score (nSPS) is 36.6. The third-order valence-electron chi connectivity index (χ3n) is 4.55. The Morgan fingerprint density at radius 3 is 2.65 bits per heavy atom. The topological polar surface area (TPSA) is 35.5 Å². The zero-order valence-electron chi connectivity index (χ0n) is 10.2. The molecule has 1 saturated heterocycles. The second kappa shape index (κ2) is 4.21. The number of ether oxygens (including phenoxy) is 2. The highest BCUT2D eigenvalue weighted by molar-refractivity contribution is 5.86. The summed E-state index contributed by atoms with van der Waals surface area (Å²) in [5.74, 6) is -0.249. The van der Waals surface area contributed by atoms with Gasteiger partial charge < -0.3 is 9.47 Å². The molecule has 0 N–H and O–H groups in total. The number of allylic oxidation sites excluding steroid dienone is 2. The van der Waals surface area contributed by atoms with E-state index < -0.39 is 11.2 Å². The second-order valence-corrected chi connectivity index (χ2v) is 5.38. The van der Waals surface area contributed by atoms with Crippen LogP contribution in [0.4, 0.5) is 0 Å². The number of hydrogen-bond acceptors (Lipinski definition) is 3. The molecule has 0 aromatic heterocycles. The van der Waals surface area contributed by atoms with Crippen LogP contribution < -0.4 is 0 Å². The van der Waals surface area contributed by atoms with E-state index in [0.29, 0.717) is 25.4 Å². The van der Waals surface area contributed by atoms with E-state index in [1.807, 2.05) is 0 Å². The molecule has 0 unspecified atom stereocenters. The minimum Gasteiger partial charge on any atom is -0.346 e. The molecule has 1 aliphatic heterocycles. The van der Waals surface area contributed by atoms with E-state index in [0.717, 1.165) is 38.5 Å². The molecule has 1 saturated carbocycles. The highest BCUT2D eigenvalue weighted by Crippen LogP contribution is 2.53. The number of rotatable bonds is 0. The first-order chi connectivity index (χ1) is 8.29. The van der Waals surface area contributed by atoms with Crippen LogP contribution >= 0.6 is 0 Å². The summed E-state index contributed by atoms with van der Waals surface area (Å²) < 4.78 is 11.8. The fourth-order valence-electron chi connectivity index (χ4n) is 3.67. The minimum atomic E-state index is -0.600. The Morgan fingerprint density at radius 2 is 1.82 bits per heavy atom. The summed E-state index contributed by atoms with van der Waals surface area (Å²) in [5, 5.41) is 0. The standard InChI is InChI=1S/C14H20O3/c15-12-6-2-1-3-7-13(12)8-4-5-9-14(13)16-10-11-17-14/h1,3H,2,4-11H2/t13-/m1/s1. The lowest BCUT2D eigenvalue weighted by Gasteiger charge is -2.48. The molecule has 2 aliphatic carbocycles. The number of carbonyl (C=O) groups is 1. The highest BCUT2D eigenvalue weighted by Gasteiger charge is 2.60. The maximum absolute atomic E-state index is 12.6. The smallest absolute Gasteiger partial charge is 0.181 e. The molecule has 3 aliphatic rings. The Bertz CT molecular complexity index is 341. The molecule has 3 heteroatoms. The predicted octanol–water partition coefficient (Wildman–Crippen LogP) is 2.60. The molecule has 0 bridgehead atoms. The lowest BCUT2D eigenvalue weighted by Crippen LogP contribution is -2.55. The lowest BCUT2D eigenvalue weighted by molar-refractivity contribution is -0.248. The number of fused-ring (bicyclic) bond motifs is 1. The molecule has 3 rings (SSSR count). The molecule has 3 nitrogen and oxygen atoms in total. The van der Waals surface area contributed by atoms with Crippen molar-refractivity contribution in [2.75, 3.05) is 13.2 Å². The van der Waals surface area contributed by atoms with E-state index in [-0.39, 0.29) is 0 Å². The van der Waals surface area contributed by atoms with E-state index in [4.69, 9.17) is 9.47 Å². The van der Waals surface area contributed by atoms with Crippen LogP contribution in [0.2, 0.25) is 0 Å². The van der Waals surface area contributed by atoms with Crippen molar-refractivity contribution in [2.24, 2.45) is 5.41 Å². The first kappa shape index (κ1) is 11.4. The van der Waals surface area contributed by atoms with Gasteiger partial charge in [0.25, 0.3) is 0 Å². The molecule has 94 valence electrons. The van der Waals surface area contributed by atoms with Crippen molar-refractivity contribution in [3.63, 3.8) is 0 Å². The van der Waals surface area contributed by atoms with E-state index in [2.05, 4.69) is 12.2 Å². The summed E-state index contributed by atoms with van der Waals surface area (Å²) in [4.78, 5) is 12.6. The molecule has 0 aromatic rings. The maximum atomic E-state index is 12.6. The highest BCUT2D eigenvalue weighted by atomic mass is 16.7. The summed E-state index contributed by atoms with van der Waals surface area (Å²) in [7, 11) is 0. The van der Waals surface area contributed by atoms with E-state index in [1.54, 1.807) is 0 Å². The Balaban J connectivity index is 2.00. The average molecular weight is 236 g/mol. The van der Waals surface area contributed by atoms with Gasteiger partial charge in [0.15, 0.2) is 5.79 Å². The average Bonchev–Trinajstić information content (AvgIpc) is 2.73. The summed E-state index contributed by atoms with van der Waals surface area (Å²) in [6.45, 7) is 1.28. The fourth-order valence-corrected chi connectivity index (χ4v) is 3.67. The molecule has 17 heavy (non-hydrogen) atoms. The minimum absolute atomic E-state index is 0.351. The maximum Gasteiger partial charge on any atom is 0.181 e. The van der Waals surface area contributed by atoms with Gasteiger partial charge in [-0.15, -0.1) is 0 Å². The third kappa shape index (κ3) is 1.59. The molecule has 2 fully saturated rings. The Labute approximate surface area is 102 Å². The molecule has 2 spiro atoms. The zero-order chi connectivity index (χ0) is 11.8. The van der Waals surface area contributed by atoms with E-state index in [9.17, 15) is 4.79 Å². The van der Waals surface area contributed by atoms with Crippen molar-refractivity contribution < 1.29 is 14.3 Å². The lowest BCUT2D eigenvalue weighted by atomic mass is 9.64. The van der Waals surface area contributed by atoms with Gasteiger partial charge in [-0.05, 0) is 25.7 Å². The van der Waals surface area contributed by atoms with Gasteiger partial charge >= 0.3 is 0 Å². The van der Waals surface area contributed by atoms with Crippen LogP contribution in [0.5, 0.6) is 0 Å². The van der Waals surface area contributed by atoms with Crippen molar-refractivity contribution in [2.45, 2.75) is 50.7 Å². The molecule has 0 amide bonds. The largest absolute Gasteiger partial charge is 0.346 e. The van der Waals surface area contributed by atoms with Gasteiger partial charge in [0.2, 0.25) is 0 Å². The first-order valence-corrected chi connectivity index (χ1v) is 6.75. The van der Waals surface area contributed by atoms with Gasteiger partial charge in [-0.25, -0.2) is 0 Å². The van der Waals surface area contributed by atoms with Gasteiger partial charge in [-0.3, -0.25) is 4.79 Å². The number of Topliss-reactive ketones (excluding diaryl/α,β-unsaturated/α-hetero) is 1. The van der Waals surface area contributed by atoms with Crippen LogP contribution in [0.1, 0.15) is 44.9 Å². The van der Waals surface area contributed by atoms with Crippen LogP contribution in [-0.4, -0.2) is 24.8 Å².